The molecule has 1 rings (SSSR count). The highest BCUT2D eigenvalue weighted by Crippen LogP contribution is 2.07. The molecule has 2 nitrogen and oxygen atoms in total. The molecule has 0 aromatic carbocycles. The molecule has 0 aliphatic rings. The van der Waals surface area contributed by atoms with Crippen molar-refractivity contribution in [2.45, 2.75) is 13.3 Å². The van der Waals surface area contributed by atoms with Crippen molar-refractivity contribution in [2.24, 2.45) is 5.73 Å². The quantitative estimate of drug-likeness (QED) is 0.646. The molecule has 0 unspecified atom stereocenters. The van der Waals surface area contributed by atoms with E-state index in [0.717, 1.165) is 11.1 Å². The molecule has 0 aliphatic heterocycles. The summed E-state index contributed by atoms with van der Waals surface area (Å²) >= 11 is 0. The van der Waals surface area contributed by atoms with E-state index in [1.165, 1.54) is 12.3 Å². The molecule has 0 aliphatic carbocycles. The monoisotopic (exact) mass is 154 g/mol. The van der Waals surface area contributed by atoms with Crippen molar-refractivity contribution >= 4 is 0 Å². The van der Waals surface area contributed by atoms with E-state index in [1.54, 1.807) is 0 Å². The van der Waals surface area contributed by atoms with Crippen LogP contribution in [-0.2, 0) is 6.42 Å². The third-order valence-electron chi connectivity index (χ3n) is 1.60. The summed E-state index contributed by atoms with van der Waals surface area (Å²) in [6, 6.07) is 1.43. The van der Waals surface area contributed by atoms with Gasteiger partial charge in [0, 0.05) is 6.20 Å². The van der Waals surface area contributed by atoms with Gasteiger partial charge in [0.25, 0.3) is 0 Å². The minimum absolute atomic E-state index is 0.431. The van der Waals surface area contributed by atoms with E-state index >= 15 is 0 Å². The Labute approximate surface area is 65.3 Å². The Morgan fingerprint density at radius 3 is 3.00 bits per heavy atom. The summed E-state index contributed by atoms with van der Waals surface area (Å²) < 4.78 is 12.5. The van der Waals surface area contributed by atoms with Crippen LogP contribution in [0.5, 0.6) is 0 Å². The molecule has 0 fully saturated rings. The van der Waals surface area contributed by atoms with Crippen LogP contribution in [0.15, 0.2) is 12.3 Å². The summed E-state index contributed by atoms with van der Waals surface area (Å²) in [7, 11) is 0. The number of halogens is 1. The van der Waals surface area contributed by atoms with E-state index in [9.17, 15) is 4.39 Å². The topological polar surface area (TPSA) is 38.9 Å². The SMILES string of the molecule is Cc1cnc(F)cc1CCN. The second-order valence-electron chi connectivity index (χ2n) is 2.47. The molecule has 2 N–H and O–H groups in total. The highest BCUT2D eigenvalue weighted by atomic mass is 19.1. The molecule has 0 amide bonds. The van der Waals surface area contributed by atoms with Crippen molar-refractivity contribution in [1.29, 1.82) is 0 Å². The van der Waals surface area contributed by atoms with Crippen LogP contribution in [0.4, 0.5) is 4.39 Å². The maximum atomic E-state index is 12.5. The lowest BCUT2D eigenvalue weighted by Crippen LogP contribution is -2.04. The van der Waals surface area contributed by atoms with Crippen LogP contribution in [-0.4, -0.2) is 11.5 Å². The Balaban J connectivity index is 2.93. The molecule has 0 radical (unpaired) electrons. The molecular weight excluding hydrogens is 143 g/mol. The van der Waals surface area contributed by atoms with Gasteiger partial charge >= 0.3 is 0 Å². The van der Waals surface area contributed by atoms with E-state index in [4.69, 9.17) is 5.73 Å². The molecule has 1 aromatic rings. The largest absolute Gasteiger partial charge is 0.330 e. The number of nitrogens with zero attached hydrogens (tertiary/aromatic N) is 1. The zero-order valence-corrected chi connectivity index (χ0v) is 6.47. The van der Waals surface area contributed by atoms with Gasteiger partial charge in [0.05, 0.1) is 0 Å². The third-order valence-corrected chi connectivity index (χ3v) is 1.60. The van der Waals surface area contributed by atoms with Gasteiger partial charge in [-0.25, -0.2) is 4.98 Å². The standard InChI is InChI=1S/C8H11FN2/c1-6-5-11-8(9)4-7(6)2-3-10/h4-5H,2-3,10H2,1H3. The Hall–Kier alpha value is -0.960. The van der Waals surface area contributed by atoms with Gasteiger partial charge in [-0.15, -0.1) is 0 Å². The summed E-state index contributed by atoms with van der Waals surface area (Å²) in [5.74, 6) is -0.431. The molecule has 3 heteroatoms. The third kappa shape index (κ3) is 1.98. The second-order valence-corrected chi connectivity index (χ2v) is 2.47. The zero-order chi connectivity index (χ0) is 8.27. The second kappa shape index (κ2) is 3.44. The van der Waals surface area contributed by atoms with Crippen LogP contribution in [0, 0.1) is 12.9 Å². The number of hydrogen-bond donors (Lipinski definition) is 1. The van der Waals surface area contributed by atoms with Crippen LogP contribution in [0.25, 0.3) is 0 Å². The van der Waals surface area contributed by atoms with Crippen molar-refractivity contribution in [3.8, 4) is 0 Å². The van der Waals surface area contributed by atoms with Gasteiger partial charge in [0.2, 0.25) is 5.95 Å². The van der Waals surface area contributed by atoms with Gasteiger partial charge in [-0.2, -0.15) is 4.39 Å². The first-order chi connectivity index (χ1) is 5.24. The van der Waals surface area contributed by atoms with E-state index in [-0.39, 0.29) is 0 Å². The van der Waals surface area contributed by atoms with Crippen molar-refractivity contribution in [3.63, 3.8) is 0 Å². The first-order valence-electron chi connectivity index (χ1n) is 3.55. The molecule has 0 saturated heterocycles. The van der Waals surface area contributed by atoms with Gasteiger partial charge in [-0.05, 0) is 37.1 Å². The van der Waals surface area contributed by atoms with E-state index in [1.807, 2.05) is 6.92 Å². The first-order valence-corrected chi connectivity index (χ1v) is 3.55. The van der Waals surface area contributed by atoms with Crippen LogP contribution in [0.3, 0.4) is 0 Å². The fourth-order valence-corrected chi connectivity index (χ4v) is 0.961. The Bertz CT molecular complexity index is 248. The molecule has 1 aromatic heterocycles. The summed E-state index contributed by atoms with van der Waals surface area (Å²) in [5, 5.41) is 0. The highest BCUT2D eigenvalue weighted by molar-refractivity contribution is 5.22. The number of nitrogens with two attached hydrogens (primary N) is 1. The molecule has 0 atom stereocenters. The van der Waals surface area contributed by atoms with Gasteiger partial charge in [-0.1, -0.05) is 0 Å². The van der Waals surface area contributed by atoms with E-state index < -0.39 is 5.95 Å². The number of hydrogen-bond acceptors (Lipinski definition) is 2. The lowest BCUT2D eigenvalue weighted by atomic mass is 10.1. The predicted octanol–water partition coefficient (Wildman–Crippen LogP) is 1.03. The van der Waals surface area contributed by atoms with Gasteiger partial charge in [0.1, 0.15) is 0 Å². The average Bonchev–Trinajstić information content (AvgIpc) is 1.98. The lowest BCUT2D eigenvalue weighted by molar-refractivity contribution is 0.580. The molecule has 0 saturated carbocycles. The number of aryl methyl sites for hydroxylation is 1. The average molecular weight is 154 g/mol. The van der Waals surface area contributed by atoms with Gasteiger partial charge in [0.15, 0.2) is 0 Å². The van der Waals surface area contributed by atoms with Crippen LogP contribution in [0.2, 0.25) is 0 Å². The summed E-state index contributed by atoms with van der Waals surface area (Å²) in [4.78, 5) is 3.51. The molecule has 60 valence electrons. The summed E-state index contributed by atoms with van der Waals surface area (Å²) in [6.07, 6.45) is 2.24. The van der Waals surface area contributed by atoms with Crippen LogP contribution in [0.1, 0.15) is 11.1 Å². The number of rotatable bonds is 2. The van der Waals surface area contributed by atoms with Crippen molar-refractivity contribution < 1.29 is 4.39 Å². The predicted molar refractivity (Wildman–Crippen MR) is 41.7 cm³/mol. The van der Waals surface area contributed by atoms with Crippen molar-refractivity contribution in [3.05, 3.63) is 29.3 Å². The first kappa shape index (κ1) is 8.14. The fraction of sp³-hybridized carbons (Fsp3) is 0.375. The lowest BCUT2D eigenvalue weighted by Gasteiger charge is -2.01. The molecule has 11 heavy (non-hydrogen) atoms. The highest BCUT2D eigenvalue weighted by Gasteiger charge is 1.99. The van der Waals surface area contributed by atoms with Crippen molar-refractivity contribution in [2.75, 3.05) is 6.54 Å². The normalized spacial score (nSPS) is 10.1. The molecule has 0 spiro atoms. The summed E-state index contributed by atoms with van der Waals surface area (Å²) in [5.41, 5.74) is 7.28. The van der Waals surface area contributed by atoms with Gasteiger partial charge < -0.3 is 5.73 Å². The van der Waals surface area contributed by atoms with Crippen molar-refractivity contribution in [1.82, 2.24) is 4.98 Å². The molecule has 0 bridgehead atoms. The van der Waals surface area contributed by atoms with Gasteiger partial charge in [-0.3, -0.25) is 0 Å². The maximum Gasteiger partial charge on any atom is 0.213 e. The van der Waals surface area contributed by atoms with E-state index in [2.05, 4.69) is 4.98 Å². The Kier molecular flexibility index (Phi) is 2.54. The fourth-order valence-electron chi connectivity index (χ4n) is 0.961. The maximum absolute atomic E-state index is 12.5. The number of pyridine rings is 1. The molecular formula is C8H11FN2. The Morgan fingerprint density at radius 1 is 1.64 bits per heavy atom. The van der Waals surface area contributed by atoms with E-state index in [0.29, 0.717) is 13.0 Å². The molecule has 1 heterocycles. The van der Waals surface area contributed by atoms with Crippen LogP contribution >= 0.6 is 0 Å². The van der Waals surface area contributed by atoms with Crippen LogP contribution < -0.4 is 5.73 Å². The number of aromatic nitrogens is 1. The smallest absolute Gasteiger partial charge is 0.213 e. The summed E-state index contributed by atoms with van der Waals surface area (Å²) in [6.45, 7) is 2.45. The minimum atomic E-state index is -0.431. The minimum Gasteiger partial charge on any atom is -0.330 e. The zero-order valence-electron chi connectivity index (χ0n) is 6.47. The Morgan fingerprint density at radius 2 is 2.36 bits per heavy atom.